The maximum atomic E-state index is 14.2. The van der Waals surface area contributed by atoms with Gasteiger partial charge in [-0.2, -0.15) is 0 Å². The van der Waals surface area contributed by atoms with Gasteiger partial charge in [-0.3, -0.25) is 19.2 Å². The van der Waals surface area contributed by atoms with Crippen molar-refractivity contribution in [2.75, 3.05) is 20.3 Å². The van der Waals surface area contributed by atoms with Crippen LogP contribution in [0.3, 0.4) is 0 Å². The van der Waals surface area contributed by atoms with Crippen molar-refractivity contribution in [2.45, 2.75) is 121 Å². The van der Waals surface area contributed by atoms with Crippen LogP contribution in [0, 0.1) is 0 Å². The quantitative estimate of drug-likeness (QED) is 0.0528. The summed E-state index contributed by atoms with van der Waals surface area (Å²) in [5, 5.41) is 30.5. The standard InChI is InChI=1S/C45H52N3O18/c1-27(49)57-25-36(63-29(3)51)41(64-30(4)52)45(55)40(47-48-46)34(62-28(2)50)21-44(66-45,43(54)56-5)61-26-35-37(58-22-31-15-9-6-10-16-31)38(59-23-32-17-11-7-12-18-32)39(42(53)65-35)60-24-33-19-13-8-14-20-33/h6-20,34-42,55H,21-26H2,1-5H3/q-1/t34-,35+,36+,37-,38-,39+,40+,41+,42+,44?,45-/m0/s1. The number of ether oxygens (including phenoxy) is 11. The molecule has 3 aromatic carbocycles. The van der Waals surface area contributed by atoms with Crippen molar-refractivity contribution >= 4 is 29.8 Å². The first-order chi connectivity index (χ1) is 31.6. The van der Waals surface area contributed by atoms with Gasteiger partial charge in [-0.15, -0.1) is 0 Å². The van der Waals surface area contributed by atoms with Crippen LogP contribution in [0.15, 0.2) is 96.1 Å². The Morgan fingerprint density at radius 3 is 1.76 bits per heavy atom. The molecular formula is C45H52N3O18-. The number of esters is 5. The van der Waals surface area contributed by atoms with Crippen molar-refractivity contribution in [3.8, 4) is 0 Å². The summed E-state index contributed by atoms with van der Waals surface area (Å²) in [5.41, 5.74) is 11.9. The van der Waals surface area contributed by atoms with E-state index < -0.39 is 116 Å². The summed E-state index contributed by atoms with van der Waals surface area (Å²) in [7, 11) is 0.931. The molecule has 21 nitrogen and oxygen atoms in total. The van der Waals surface area contributed by atoms with Crippen molar-refractivity contribution < 1.29 is 86.3 Å². The number of hydrogen-bond acceptors (Lipinski definition) is 19. The SMILES string of the molecule is COC(=O)C1(OC[C@H]2O[C@@H]([O-])[C@H](OCc3ccccc3)[C@@H](OCc3ccccc3)[C@H]2OCc2ccccc2)C[C@H](OC(C)=O)[C@@H](N=[N+]=[N-])[C@@](O)([C@H](OC(C)=O)[C@@H](COC(C)=O)OC(C)=O)O1. The summed E-state index contributed by atoms with van der Waals surface area (Å²) >= 11 is 0. The Kier molecular flexibility index (Phi) is 18.5. The number of azide groups is 1. The fourth-order valence-corrected chi connectivity index (χ4v) is 7.49. The van der Waals surface area contributed by atoms with Gasteiger partial charge >= 0.3 is 29.8 Å². The highest BCUT2D eigenvalue weighted by molar-refractivity contribution is 5.78. The van der Waals surface area contributed by atoms with Crippen molar-refractivity contribution in [2.24, 2.45) is 5.11 Å². The summed E-state index contributed by atoms with van der Waals surface area (Å²) in [4.78, 5) is 66.6. The monoisotopic (exact) mass is 922 g/mol. The maximum absolute atomic E-state index is 14.2. The molecule has 2 fully saturated rings. The van der Waals surface area contributed by atoms with Crippen LogP contribution >= 0.6 is 0 Å². The topological polar surface area (TPSA) is 279 Å². The van der Waals surface area contributed by atoms with Crippen LogP contribution in [0.1, 0.15) is 50.8 Å². The molecule has 2 aliphatic rings. The Morgan fingerprint density at radius 1 is 0.773 bits per heavy atom. The molecule has 0 saturated carbocycles. The van der Waals surface area contributed by atoms with Gasteiger partial charge in [-0.25, -0.2) is 4.79 Å². The number of benzene rings is 3. The van der Waals surface area contributed by atoms with E-state index in [0.29, 0.717) is 0 Å². The number of hydrogen-bond donors (Lipinski definition) is 1. The molecule has 21 heteroatoms. The molecule has 3 aromatic rings. The molecule has 2 heterocycles. The van der Waals surface area contributed by atoms with Gasteiger partial charge in [0.2, 0.25) is 5.79 Å². The molecule has 2 saturated heterocycles. The lowest BCUT2D eigenvalue weighted by Crippen LogP contribution is -2.73. The van der Waals surface area contributed by atoms with E-state index in [-0.39, 0.29) is 19.8 Å². The highest BCUT2D eigenvalue weighted by Crippen LogP contribution is 2.44. The van der Waals surface area contributed by atoms with E-state index in [0.717, 1.165) is 51.5 Å². The first-order valence-electron chi connectivity index (χ1n) is 20.7. The van der Waals surface area contributed by atoms with Crippen LogP contribution in [0.25, 0.3) is 10.4 Å². The molecule has 356 valence electrons. The minimum atomic E-state index is -3.35. The van der Waals surface area contributed by atoms with E-state index in [9.17, 15) is 39.7 Å². The fraction of sp³-hybridized carbons (Fsp3) is 0.489. The average Bonchev–Trinajstić information content (AvgIpc) is 3.29. The summed E-state index contributed by atoms with van der Waals surface area (Å²) in [6, 6.07) is 25.1. The Labute approximate surface area is 379 Å². The van der Waals surface area contributed by atoms with Gasteiger partial charge < -0.3 is 62.3 Å². The zero-order valence-electron chi connectivity index (χ0n) is 36.8. The summed E-state index contributed by atoms with van der Waals surface area (Å²) in [6.45, 7) is 2.08. The molecule has 0 aromatic heterocycles. The first-order valence-corrected chi connectivity index (χ1v) is 20.7. The van der Waals surface area contributed by atoms with E-state index in [1.165, 1.54) is 0 Å². The van der Waals surface area contributed by atoms with Crippen LogP contribution < -0.4 is 5.11 Å². The molecule has 1 unspecified atom stereocenters. The Hall–Kier alpha value is -6.00. The first kappa shape index (κ1) is 51.0. The number of nitrogens with zero attached hydrogens (tertiary/aromatic N) is 3. The number of carbonyl (C=O) groups is 5. The lowest BCUT2D eigenvalue weighted by molar-refractivity contribution is -0.538. The number of methoxy groups -OCH3 is 1. The van der Waals surface area contributed by atoms with Crippen LogP contribution in [0.2, 0.25) is 0 Å². The largest absolute Gasteiger partial charge is 0.829 e. The third-order valence-corrected chi connectivity index (χ3v) is 10.3. The fourth-order valence-electron chi connectivity index (χ4n) is 7.49. The molecular weight excluding hydrogens is 870 g/mol. The van der Waals surface area contributed by atoms with Crippen LogP contribution in [-0.2, 0) is 95.9 Å². The summed E-state index contributed by atoms with van der Waals surface area (Å²) in [6.07, 6.45) is -14.1. The molecule has 11 atom stereocenters. The van der Waals surface area contributed by atoms with Gasteiger partial charge in [-0.05, 0) is 22.2 Å². The smallest absolute Gasteiger partial charge is 0.366 e. The van der Waals surface area contributed by atoms with E-state index in [4.69, 9.17) is 52.1 Å². The Balaban J connectivity index is 1.60. The molecule has 0 radical (unpaired) electrons. The number of aliphatic hydroxyl groups is 1. The van der Waals surface area contributed by atoms with Gasteiger partial charge in [0.1, 0.15) is 37.1 Å². The van der Waals surface area contributed by atoms with Crippen molar-refractivity contribution in [3.63, 3.8) is 0 Å². The molecule has 2 aliphatic heterocycles. The van der Waals surface area contributed by atoms with E-state index in [1.54, 1.807) is 24.3 Å². The summed E-state index contributed by atoms with van der Waals surface area (Å²) < 4.78 is 64.0. The lowest BCUT2D eigenvalue weighted by atomic mass is 9.85. The number of rotatable bonds is 21. The van der Waals surface area contributed by atoms with Crippen LogP contribution in [0.4, 0.5) is 0 Å². The second-order valence-corrected chi connectivity index (χ2v) is 15.2. The predicted molar refractivity (Wildman–Crippen MR) is 221 cm³/mol. The minimum Gasteiger partial charge on any atom is -0.829 e. The zero-order chi connectivity index (χ0) is 47.9. The molecule has 0 amide bonds. The Bertz CT molecular complexity index is 2130. The van der Waals surface area contributed by atoms with Crippen molar-refractivity contribution in [1.82, 2.24) is 0 Å². The van der Waals surface area contributed by atoms with E-state index >= 15 is 0 Å². The number of carbonyl (C=O) groups excluding carboxylic acids is 5. The summed E-state index contributed by atoms with van der Waals surface area (Å²) in [5.74, 6) is -11.7. The molecule has 0 spiro atoms. The van der Waals surface area contributed by atoms with Crippen LogP contribution in [0.5, 0.6) is 0 Å². The highest BCUT2D eigenvalue weighted by atomic mass is 16.8. The minimum absolute atomic E-state index is 0.0102. The Morgan fingerprint density at radius 2 is 1.29 bits per heavy atom. The molecule has 0 bridgehead atoms. The van der Waals surface area contributed by atoms with Crippen LogP contribution in [-0.4, -0.2) is 122 Å². The van der Waals surface area contributed by atoms with Crippen molar-refractivity contribution in [3.05, 3.63) is 118 Å². The van der Waals surface area contributed by atoms with Gasteiger partial charge in [0.25, 0.3) is 5.79 Å². The molecule has 5 rings (SSSR count). The molecule has 66 heavy (non-hydrogen) atoms. The average molecular weight is 923 g/mol. The van der Waals surface area contributed by atoms with Gasteiger partial charge in [0, 0.05) is 38.9 Å². The third-order valence-electron chi connectivity index (χ3n) is 10.3. The highest BCUT2D eigenvalue weighted by Gasteiger charge is 2.67. The molecule has 1 N–H and O–H groups in total. The maximum Gasteiger partial charge on any atom is 0.366 e. The molecule has 0 aliphatic carbocycles. The van der Waals surface area contributed by atoms with Crippen molar-refractivity contribution in [1.29, 1.82) is 0 Å². The second-order valence-electron chi connectivity index (χ2n) is 15.2. The zero-order valence-corrected chi connectivity index (χ0v) is 36.8. The third kappa shape index (κ3) is 13.5. The van der Waals surface area contributed by atoms with Gasteiger partial charge in [0.05, 0.1) is 46.1 Å². The second kappa shape index (κ2) is 24.0. The predicted octanol–water partition coefficient (Wildman–Crippen LogP) is 2.86. The normalized spacial score (nSPS) is 26.9. The van der Waals surface area contributed by atoms with E-state index in [2.05, 4.69) is 10.0 Å². The van der Waals surface area contributed by atoms with Gasteiger partial charge in [0.15, 0.2) is 12.2 Å². The lowest BCUT2D eigenvalue weighted by Gasteiger charge is -2.52. The van der Waals surface area contributed by atoms with Gasteiger partial charge in [-0.1, -0.05) is 96.1 Å². The van der Waals surface area contributed by atoms with E-state index in [1.807, 2.05) is 66.7 Å².